The zero-order valence-corrected chi connectivity index (χ0v) is 18.7. The number of nitrogens with zero attached hydrogens (tertiary/aromatic N) is 4. The zero-order valence-electron chi connectivity index (χ0n) is 16.4. The number of nitrogens with two attached hydrogens (primary N) is 1. The predicted octanol–water partition coefficient (Wildman–Crippen LogP) is 3.70. The molecular formula is C20H23Cl2N5OS. The SMILES string of the molecule is Cn1c(N2CCC(C)(CN)CC2)nc2c(c1=O)C(Sc1cccc(Cl)c1Cl)=NC2. The third-order valence-electron chi connectivity index (χ3n) is 5.80. The van der Waals surface area contributed by atoms with Crippen LogP contribution in [0.15, 0.2) is 32.9 Å². The van der Waals surface area contributed by atoms with Crippen molar-refractivity contribution in [2.75, 3.05) is 24.5 Å². The minimum Gasteiger partial charge on any atom is -0.342 e. The number of fused-ring (bicyclic) bond motifs is 1. The molecule has 0 unspecified atom stereocenters. The van der Waals surface area contributed by atoms with Crippen LogP contribution in [0.2, 0.25) is 10.0 Å². The smallest absolute Gasteiger partial charge is 0.265 e. The summed E-state index contributed by atoms with van der Waals surface area (Å²) in [5, 5.41) is 1.58. The lowest BCUT2D eigenvalue weighted by molar-refractivity contribution is 0.256. The van der Waals surface area contributed by atoms with Gasteiger partial charge in [0.05, 0.1) is 27.8 Å². The molecule has 1 aromatic carbocycles. The maximum atomic E-state index is 13.2. The lowest BCUT2D eigenvalue weighted by atomic mass is 9.81. The average Bonchev–Trinajstić information content (AvgIpc) is 3.12. The maximum absolute atomic E-state index is 13.2. The molecule has 1 saturated heterocycles. The number of aliphatic imine (C=N–C) groups is 1. The van der Waals surface area contributed by atoms with Gasteiger partial charge in [-0.25, -0.2) is 4.98 Å². The predicted molar refractivity (Wildman–Crippen MR) is 121 cm³/mol. The van der Waals surface area contributed by atoms with Crippen molar-refractivity contribution in [2.45, 2.75) is 31.2 Å². The highest BCUT2D eigenvalue weighted by Gasteiger charge is 2.32. The van der Waals surface area contributed by atoms with Crippen LogP contribution < -0.4 is 16.2 Å². The summed E-state index contributed by atoms with van der Waals surface area (Å²) in [7, 11) is 1.77. The second-order valence-electron chi connectivity index (χ2n) is 7.87. The van der Waals surface area contributed by atoms with Crippen LogP contribution in [-0.2, 0) is 13.6 Å². The Morgan fingerprint density at radius 1 is 1.28 bits per heavy atom. The highest BCUT2D eigenvalue weighted by Crippen LogP contribution is 2.37. The Bertz CT molecular complexity index is 1040. The van der Waals surface area contributed by atoms with E-state index in [-0.39, 0.29) is 11.0 Å². The molecule has 4 rings (SSSR count). The molecule has 1 fully saturated rings. The van der Waals surface area contributed by atoms with Gasteiger partial charge in [-0.05, 0) is 36.9 Å². The first-order valence-corrected chi connectivity index (χ1v) is 11.1. The summed E-state index contributed by atoms with van der Waals surface area (Å²) in [6, 6.07) is 5.44. The number of aromatic nitrogens is 2. The second-order valence-corrected chi connectivity index (χ2v) is 9.69. The molecule has 0 atom stereocenters. The van der Waals surface area contributed by atoms with Crippen LogP contribution >= 0.6 is 35.0 Å². The first-order chi connectivity index (χ1) is 13.8. The van der Waals surface area contributed by atoms with Crippen LogP contribution in [0.4, 0.5) is 5.95 Å². The van der Waals surface area contributed by atoms with Crippen LogP contribution in [0.3, 0.4) is 0 Å². The average molecular weight is 452 g/mol. The Morgan fingerprint density at radius 2 is 2.00 bits per heavy atom. The van der Waals surface area contributed by atoms with Crippen LogP contribution in [-0.4, -0.2) is 34.2 Å². The molecule has 0 amide bonds. The van der Waals surface area contributed by atoms with E-state index in [2.05, 4.69) is 16.8 Å². The van der Waals surface area contributed by atoms with Crippen molar-refractivity contribution in [1.29, 1.82) is 0 Å². The largest absolute Gasteiger partial charge is 0.342 e. The van der Waals surface area contributed by atoms with Gasteiger partial charge in [0.1, 0.15) is 5.04 Å². The van der Waals surface area contributed by atoms with Crippen molar-refractivity contribution >= 4 is 46.0 Å². The number of halogens is 2. The Labute approximate surface area is 184 Å². The summed E-state index contributed by atoms with van der Waals surface area (Å²) < 4.78 is 1.63. The molecule has 0 spiro atoms. The van der Waals surface area contributed by atoms with Crippen molar-refractivity contribution < 1.29 is 0 Å². The molecular weight excluding hydrogens is 429 g/mol. The molecule has 0 aliphatic carbocycles. The molecule has 1 aromatic heterocycles. The first kappa shape index (κ1) is 20.7. The van der Waals surface area contributed by atoms with Gasteiger partial charge in [-0.3, -0.25) is 14.4 Å². The van der Waals surface area contributed by atoms with Crippen molar-refractivity contribution in [3.8, 4) is 0 Å². The van der Waals surface area contributed by atoms with E-state index in [0.29, 0.717) is 39.7 Å². The summed E-state index contributed by atoms with van der Waals surface area (Å²) in [4.78, 5) is 25.5. The van der Waals surface area contributed by atoms with Gasteiger partial charge in [0, 0.05) is 25.0 Å². The van der Waals surface area contributed by atoms with Gasteiger partial charge >= 0.3 is 0 Å². The van der Waals surface area contributed by atoms with E-state index in [1.807, 2.05) is 12.1 Å². The molecule has 154 valence electrons. The first-order valence-electron chi connectivity index (χ1n) is 9.54. The quantitative estimate of drug-likeness (QED) is 0.769. The molecule has 6 nitrogen and oxygen atoms in total. The van der Waals surface area contributed by atoms with Gasteiger partial charge in [0.2, 0.25) is 5.95 Å². The molecule has 2 aliphatic rings. The van der Waals surface area contributed by atoms with E-state index in [0.717, 1.165) is 36.5 Å². The number of rotatable bonds is 3. The van der Waals surface area contributed by atoms with Crippen molar-refractivity contribution in [1.82, 2.24) is 9.55 Å². The number of hydrogen-bond donors (Lipinski definition) is 1. The van der Waals surface area contributed by atoms with E-state index < -0.39 is 0 Å². The minimum atomic E-state index is -0.0842. The fraction of sp³-hybridized carbons (Fsp3) is 0.450. The van der Waals surface area contributed by atoms with Crippen molar-refractivity contribution in [2.24, 2.45) is 23.2 Å². The highest BCUT2D eigenvalue weighted by molar-refractivity contribution is 8.14. The normalized spacial score (nSPS) is 18.0. The van der Waals surface area contributed by atoms with Gasteiger partial charge in [-0.15, -0.1) is 0 Å². The number of piperidine rings is 1. The van der Waals surface area contributed by atoms with E-state index in [1.54, 1.807) is 17.7 Å². The number of hydrogen-bond acceptors (Lipinski definition) is 6. The van der Waals surface area contributed by atoms with E-state index in [4.69, 9.17) is 33.9 Å². The molecule has 29 heavy (non-hydrogen) atoms. The monoisotopic (exact) mass is 451 g/mol. The second kappa shape index (κ2) is 7.95. The zero-order chi connectivity index (χ0) is 20.8. The molecule has 2 aliphatic heterocycles. The van der Waals surface area contributed by atoms with Crippen LogP contribution in [0, 0.1) is 5.41 Å². The van der Waals surface area contributed by atoms with Crippen LogP contribution in [0.25, 0.3) is 0 Å². The Balaban J connectivity index is 1.62. The third kappa shape index (κ3) is 3.81. The van der Waals surface area contributed by atoms with E-state index >= 15 is 0 Å². The Morgan fingerprint density at radius 3 is 2.69 bits per heavy atom. The number of thioether (sulfide) groups is 1. The van der Waals surface area contributed by atoms with Gasteiger partial charge in [-0.1, -0.05) is 48.0 Å². The molecule has 2 N–H and O–H groups in total. The maximum Gasteiger partial charge on any atom is 0.265 e. The standard InChI is InChI=1S/C20H23Cl2N5OS/c1-20(11-23)6-8-27(9-7-20)19-25-13-10-24-17(15(13)18(28)26(19)2)29-14-5-3-4-12(21)16(14)22/h3-5H,6-11,23H2,1-2H3. The highest BCUT2D eigenvalue weighted by atomic mass is 35.5. The molecule has 0 radical (unpaired) electrons. The summed E-state index contributed by atoms with van der Waals surface area (Å²) >= 11 is 13.8. The summed E-state index contributed by atoms with van der Waals surface area (Å²) in [6.07, 6.45) is 1.97. The number of anilines is 1. The van der Waals surface area contributed by atoms with E-state index in [9.17, 15) is 4.79 Å². The molecule has 0 saturated carbocycles. The molecule has 9 heteroatoms. The van der Waals surface area contributed by atoms with E-state index in [1.165, 1.54) is 11.8 Å². The summed E-state index contributed by atoms with van der Waals surface area (Å²) in [6.45, 7) is 4.98. The number of benzene rings is 1. The fourth-order valence-electron chi connectivity index (χ4n) is 3.67. The Kier molecular flexibility index (Phi) is 5.68. The topological polar surface area (TPSA) is 76.5 Å². The van der Waals surface area contributed by atoms with Gasteiger partial charge in [0.15, 0.2) is 0 Å². The van der Waals surface area contributed by atoms with Crippen molar-refractivity contribution in [3.63, 3.8) is 0 Å². The lowest BCUT2D eigenvalue weighted by Crippen LogP contribution is -2.44. The fourth-order valence-corrected chi connectivity index (χ4v) is 5.14. The van der Waals surface area contributed by atoms with Crippen LogP contribution in [0.1, 0.15) is 31.0 Å². The van der Waals surface area contributed by atoms with Gasteiger partial charge in [0.25, 0.3) is 5.56 Å². The lowest BCUT2D eigenvalue weighted by Gasteiger charge is -2.39. The van der Waals surface area contributed by atoms with Crippen LogP contribution in [0.5, 0.6) is 0 Å². The van der Waals surface area contributed by atoms with Gasteiger partial charge in [-0.2, -0.15) is 0 Å². The minimum absolute atomic E-state index is 0.0842. The Hall–Kier alpha value is -1.54. The summed E-state index contributed by atoms with van der Waals surface area (Å²) in [5.74, 6) is 0.704. The molecule has 3 heterocycles. The van der Waals surface area contributed by atoms with Crippen molar-refractivity contribution in [3.05, 3.63) is 49.9 Å². The summed E-state index contributed by atoms with van der Waals surface area (Å²) in [5.41, 5.74) is 7.28. The third-order valence-corrected chi connectivity index (χ3v) is 7.81. The van der Waals surface area contributed by atoms with Gasteiger partial charge < -0.3 is 10.6 Å². The molecule has 0 bridgehead atoms. The molecule has 2 aromatic rings.